The van der Waals surface area contributed by atoms with Gasteiger partial charge >= 0.3 is 5.97 Å². The van der Waals surface area contributed by atoms with E-state index in [2.05, 4.69) is 20.8 Å². The van der Waals surface area contributed by atoms with Crippen LogP contribution in [0.4, 0.5) is 5.82 Å². The van der Waals surface area contributed by atoms with Crippen LogP contribution in [0.1, 0.15) is 44.1 Å². The molecule has 0 spiro atoms. The third-order valence-electron chi connectivity index (χ3n) is 2.66. The Labute approximate surface area is 117 Å². The first-order valence-electron chi connectivity index (χ1n) is 6.46. The van der Waals surface area contributed by atoms with Crippen LogP contribution in [0.15, 0.2) is 12.1 Å². The third-order valence-corrected chi connectivity index (χ3v) is 2.66. The molecule has 1 amide bonds. The number of carboxylic acid groups (broad SMARTS) is 1. The Bertz CT molecular complexity index is 471. The van der Waals surface area contributed by atoms with E-state index in [9.17, 15) is 9.59 Å². The van der Waals surface area contributed by atoms with Crippen LogP contribution in [0.5, 0.6) is 0 Å². The van der Waals surface area contributed by atoms with Gasteiger partial charge in [0.1, 0.15) is 5.82 Å². The molecule has 0 saturated carbocycles. The molecule has 1 aromatic heterocycles. The van der Waals surface area contributed by atoms with Crippen molar-refractivity contribution in [3.8, 4) is 0 Å². The zero-order chi connectivity index (χ0) is 15.2. The van der Waals surface area contributed by atoms with Crippen molar-refractivity contribution in [2.24, 2.45) is 0 Å². The molecule has 1 heterocycles. The number of carbonyl (C=O) groups excluding carboxylic acids is 1. The van der Waals surface area contributed by atoms with E-state index in [1.54, 1.807) is 12.1 Å². The minimum atomic E-state index is -0.836. The molecular weight excluding hydrogens is 260 g/mol. The van der Waals surface area contributed by atoms with Crippen molar-refractivity contribution in [1.29, 1.82) is 0 Å². The first-order valence-corrected chi connectivity index (χ1v) is 6.46. The lowest BCUT2D eigenvalue weighted by atomic mass is 9.98. The second-order valence-electron chi connectivity index (χ2n) is 5.07. The number of nitrogens with zero attached hydrogens (tertiary/aromatic N) is 2. The molecule has 0 aromatic carbocycles. The molecule has 0 saturated heterocycles. The summed E-state index contributed by atoms with van der Waals surface area (Å²) in [6.45, 7) is 6.12. The molecule has 0 aliphatic rings. The van der Waals surface area contributed by atoms with Gasteiger partial charge in [-0.25, -0.2) is 0 Å². The van der Waals surface area contributed by atoms with Crippen molar-refractivity contribution in [3.63, 3.8) is 0 Å². The fraction of sp³-hybridized carbons (Fsp3) is 0.538. The van der Waals surface area contributed by atoms with E-state index in [-0.39, 0.29) is 18.0 Å². The Morgan fingerprint density at radius 3 is 2.50 bits per heavy atom. The predicted molar refractivity (Wildman–Crippen MR) is 74.6 cm³/mol. The summed E-state index contributed by atoms with van der Waals surface area (Å²) in [7, 11) is 0. The Morgan fingerprint density at radius 1 is 1.30 bits per heavy atom. The number of amides is 1. The van der Waals surface area contributed by atoms with E-state index in [1.165, 1.54) is 0 Å². The van der Waals surface area contributed by atoms with Crippen LogP contribution in [0.3, 0.4) is 0 Å². The van der Waals surface area contributed by atoms with Crippen LogP contribution in [-0.2, 0) is 4.79 Å². The summed E-state index contributed by atoms with van der Waals surface area (Å²) >= 11 is 0. The molecule has 0 fully saturated rings. The monoisotopic (exact) mass is 280 g/mol. The van der Waals surface area contributed by atoms with Gasteiger partial charge in [-0.1, -0.05) is 0 Å². The highest BCUT2D eigenvalue weighted by Gasteiger charge is 2.19. The molecule has 0 bridgehead atoms. The van der Waals surface area contributed by atoms with E-state index in [1.807, 2.05) is 20.8 Å². The summed E-state index contributed by atoms with van der Waals surface area (Å²) in [5.41, 5.74) is -0.166. The number of hydrogen-bond acceptors (Lipinski definition) is 5. The van der Waals surface area contributed by atoms with Crippen LogP contribution in [0.2, 0.25) is 0 Å². The molecule has 20 heavy (non-hydrogen) atoms. The number of carboxylic acids is 1. The fourth-order valence-corrected chi connectivity index (χ4v) is 1.60. The maximum atomic E-state index is 11.5. The van der Waals surface area contributed by atoms with Crippen molar-refractivity contribution >= 4 is 17.7 Å². The summed E-state index contributed by atoms with van der Waals surface area (Å²) in [5, 5.41) is 22.2. The third kappa shape index (κ3) is 5.21. The van der Waals surface area contributed by atoms with Gasteiger partial charge in [-0.15, -0.1) is 10.2 Å². The lowest BCUT2D eigenvalue weighted by Crippen LogP contribution is -2.32. The van der Waals surface area contributed by atoms with Gasteiger partial charge in [-0.3, -0.25) is 9.59 Å². The molecule has 0 unspecified atom stereocenters. The predicted octanol–water partition coefficient (Wildman–Crippen LogP) is 1.28. The molecule has 110 valence electrons. The average molecular weight is 280 g/mol. The maximum Gasteiger partial charge on any atom is 0.303 e. The van der Waals surface area contributed by atoms with Gasteiger partial charge in [0.15, 0.2) is 5.69 Å². The van der Waals surface area contributed by atoms with Crippen LogP contribution in [0, 0.1) is 0 Å². The standard InChI is InChI=1S/C13H20N4O3/c1-4-14-12(20)9-5-6-10(17-16-9)15-13(2,3)8-7-11(18)19/h5-6H,4,7-8H2,1-3H3,(H,14,20)(H,15,17)(H,18,19). The van der Waals surface area contributed by atoms with Crippen molar-refractivity contribution in [2.75, 3.05) is 11.9 Å². The number of hydrogen-bond donors (Lipinski definition) is 3. The van der Waals surface area contributed by atoms with Crippen molar-refractivity contribution in [1.82, 2.24) is 15.5 Å². The summed E-state index contributed by atoms with van der Waals surface area (Å²) in [4.78, 5) is 22.1. The van der Waals surface area contributed by atoms with Crippen LogP contribution < -0.4 is 10.6 Å². The van der Waals surface area contributed by atoms with Gasteiger partial charge in [-0.2, -0.15) is 0 Å². The lowest BCUT2D eigenvalue weighted by molar-refractivity contribution is -0.137. The Balaban J connectivity index is 2.64. The average Bonchev–Trinajstić information content (AvgIpc) is 2.37. The zero-order valence-electron chi connectivity index (χ0n) is 11.9. The van der Waals surface area contributed by atoms with Gasteiger partial charge in [0.25, 0.3) is 5.91 Å². The van der Waals surface area contributed by atoms with Gasteiger partial charge < -0.3 is 15.7 Å². The molecule has 0 radical (unpaired) electrons. The highest BCUT2D eigenvalue weighted by Crippen LogP contribution is 2.17. The Kier molecular flexibility index (Phi) is 5.42. The van der Waals surface area contributed by atoms with Crippen LogP contribution >= 0.6 is 0 Å². The van der Waals surface area contributed by atoms with E-state index in [0.717, 1.165) is 0 Å². The Hall–Kier alpha value is -2.18. The van der Waals surface area contributed by atoms with Crippen molar-refractivity contribution in [3.05, 3.63) is 17.8 Å². The second-order valence-corrected chi connectivity index (χ2v) is 5.07. The Morgan fingerprint density at radius 2 is 2.00 bits per heavy atom. The van der Waals surface area contributed by atoms with Crippen LogP contribution in [0.25, 0.3) is 0 Å². The summed E-state index contributed by atoms with van der Waals surface area (Å²) in [6, 6.07) is 3.23. The number of aliphatic carboxylic acids is 1. The highest BCUT2D eigenvalue weighted by atomic mass is 16.4. The van der Waals surface area contributed by atoms with Crippen LogP contribution in [-0.4, -0.2) is 39.3 Å². The minimum absolute atomic E-state index is 0.0738. The smallest absolute Gasteiger partial charge is 0.303 e. The molecule has 7 heteroatoms. The minimum Gasteiger partial charge on any atom is -0.481 e. The van der Waals surface area contributed by atoms with E-state index in [0.29, 0.717) is 18.8 Å². The topological polar surface area (TPSA) is 104 Å². The fourth-order valence-electron chi connectivity index (χ4n) is 1.60. The number of aromatic nitrogens is 2. The first-order chi connectivity index (χ1) is 9.34. The maximum absolute atomic E-state index is 11.5. The van der Waals surface area contributed by atoms with Gasteiger partial charge in [0.05, 0.1) is 0 Å². The lowest BCUT2D eigenvalue weighted by Gasteiger charge is -2.25. The molecular formula is C13H20N4O3. The van der Waals surface area contributed by atoms with E-state index in [4.69, 9.17) is 5.11 Å². The van der Waals surface area contributed by atoms with Gasteiger partial charge in [0.2, 0.25) is 0 Å². The molecule has 3 N–H and O–H groups in total. The van der Waals surface area contributed by atoms with E-state index < -0.39 is 11.5 Å². The number of nitrogens with one attached hydrogen (secondary N) is 2. The van der Waals surface area contributed by atoms with Gasteiger partial charge in [-0.05, 0) is 39.3 Å². The summed E-state index contributed by atoms with van der Waals surface area (Å²) in [5.74, 6) is -0.595. The van der Waals surface area contributed by atoms with Crippen molar-refractivity contribution in [2.45, 2.75) is 39.2 Å². The number of anilines is 1. The second kappa shape index (κ2) is 6.83. The van der Waals surface area contributed by atoms with Gasteiger partial charge in [0, 0.05) is 18.5 Å². The molecule has 0 aliphatic heterocycles. The quantitative estimate of drug-likeness (QED) is 0.695. The first kappa shape index (κ1) is 15.9. The summed E-state index contributed by atoms with van der Waals surface area (Å²) < 4.78 is 0. The number of rotatable bonds is 7. The normalized spacial score (nSPS) is 10.9. The number of carbonyl (C=O) groups is 2. The summed E-state index contributed by atoms with van der Waals surface area (Å²) in [6.07, 6.45) is 0.534. The SMILES string of the molecule is CCNC(=O)c1ccc(NC(C)(C)CCC(=O)O)nn1. The molecule has 1 rings (SSSR count). The molecule has 0 atom stereocenters. The highest BCUT2D eigenvalue weighted by molar-refractivity contribution is 5.92. The zero-order valence-corrected chi connectivity index (χ0v) is 11.9. The molecule has 7 nitrogen and oxygen atoms in total. The molecule has 0 aliphatic carbocycles. The molecule has 1 aromatic rings. The van der Waals surface area contributed by atoms with E-state index >= 15 is 0 Å². The van der Waals surface area contributed by atoms with Crippen molar-refractivity contribution < 1.29 is 14.7 Å². The largest absolute Gasteiger partial charge is 0.481 e.